The van der Waals surface area contributed by atoms with Crippen molar-refractivity contribution in [2.24, 2.45) is 10.2 Å². The molecule has 2 heteroatoms. The van der Waals surface area contributed by atoms with Gasteiger partial charge in [-0.05, 0) is 56.2 Å². The van der Waals surface area contributed by atoms with E-state index in [-0.39, 0.29) is 0 Å². The quantitative estimate of drug-likeness (QED) is 0.465. The maximum Gasteiger partial charge on any atom is 0.0574 e. The first-order valence-corrected chi connectivity index (χ1v) is 8.01. The number of hydrogen-bond donors (Lipinski definition) is 0. The molecule has 0 aliphatic carbocycles. The highest BCUT2D eigenvalue weighted by molar-refractivity contribution is 5.84. The molecule has 24 heavy (non-hydrogen) atoms. The highest BCUT2D eigenvalue weighted by atomic mass is 15.1. The van der Waals surface area contributed by atoms with Gasteiger partial charge in [-0.1, -0.05) is 48.5 Å². The van der Waals surface area contributed by atoms with Crippen LogP contribution in [0.15, 0.2) is 83.0 Å². The van der Waals surface area contributed by atoms with Gasteiger partial charge in [0.15, 0.2) is 0 Å². The Morgan fingerprint density at radius 3 is 1.25 bits per heavy atom. The molecule has 0 saturated heterocycles. The number of azo groups is 1. The van der Waals surface area contributed by atoms with E-state index in [9.17, 15) is 0 Å². The lowest BCUT2D eigenvalue weighted by molar-refractivity contribution is 1.28. The van der Waals surface area contributed by atoms with Crippen molar-refractivity contribution < 1.29 is 0 Å². The van der Waals surface area contributed by atoms with Crippen LogP contribution in [-0.2, 0) is 0 Å². The zero-order valence-electron chi connectivity index (χ0n) is 13.0. The van der Waals surface area contributed by atoms with Crippen LogP contribution in [0.4, 0.5) is 0 Å². The first-order valence-electron chi connectivity index (χ1n) is 8.01. The fraction of sp³-hybridized carbons (Fsp3) is 0. The summed E-state index contributed by atoms with van der Waals surface area (Å²) in [6, 6.07) is 25.7. The van der Waals surface area contributed by atoms with Crippen molar-refractivity contribution in [2.45, 2.75) is 0 Å². The molecule has 1 aliphatic rings. The zero-order chi connectivity index (χ0) is 15.9. The van der Waals surface area contributed by atoms with E-state index in [4.69, 9.17) is 0 Å². The Labute approximate surface area is 138 Å². The molecule has 112 valence electrons. The van der Waals surface area contributed by atoms with Gasteiger partial charge in [0, 0.05) is 10.4 Å². The third kappa shape index (κ3) is 2.04. The fourth-order valence-corrected chi connectivity index (χ4v) is 3.39. The van der Waals surface area contributed by atoms with Crippen molar-refractivity contribution in [3.05, 3.63) is 93.7 Å². The molecule has 0 spiro atoms. The Kier molecular flexibility index (Phi) is 2.83. The molecular weight excluding hydrogens is 292 g/mol. The average Bonchev–Trinajstić information content (AvgIpc) is 2.62. The van der Waals surface area contributed by atoms with Gasteiger partial charge in [0.1, 0.15) is 0 Å². The predicted molar refractivity (Wildman–Crippen MR) is 98.6 cm³/mol. The summed E-state index contributed by atoms with van der Waals surface area (Å²) in [5, 5.41) is 17.9. The standard InChI is InChI=1S/C22H14N2/c1-3-7-17-11-21-19(9-15(17)5-1)13-23-24-14-20-10-16-6-2-4-8-18(16)12-22(20)21/h1-14H/b19-13-,20-14?,22-21-,23-13?,24-14?,24-23+. The zero-order valence-corrected chi connectivity index (χ0v) is 13.0. The van der Waals surface area contributed by atoms with Gasteiger partial charge in [0.05, 0.1) is 12.4 Å². The molecule has 0 fully saturated rings. The number of hydrogen-bond acceptors (Lipinski definition) is 2. The molecule has 0 atom stereocenters. The Bertz CT molecular complexity index is 1240. The van der Waals surface area contributed by atoms with E-state index in [1.807, 2.05) is 12.4 Å². The van der Waals surface area contributed by atoms with Gasteiger partial charge in [-0.25, -0.2) is 0 Å². The van der Waals surface area contributed by atoms with Crippen LogP contribution in [0.2, 0.25) is 0 Å². The lowest BCUT2D eigenvalue weighted by Gasteiger charge is -2.03. The molecule has 0 aromatic heterocycles. The van der Waals surface area contributed by atoms with Crippen LogP contribution in [0.5, 0.6) is 0 Å². The van der Waals surface area contributed by atoms with Gasteiger partial charge in [-0.2, -0.15) is 10.2 Å². The minimum absolute atomic E-state index is 1.10. The molecule has 4 aromatic rings. The third-order valence-corrected chi connectivity index (χ3v) is 4.59. The summed E-state index contributed by atoms with van der Waals surface area (Å²) < 4.78 is 0. The summed E-state index contributed by atoms with van der Waals surface area (Å²) >= 11 is 0. The number of rotatable bonds is 0. The van der Waals surface area contributed by atoms with E-state index in [0.717, 1.165) is 10.4 Å². The minimum atomic E-state index is 1.10. The Balaban J connectivity index is 2.12. The highest BCUT2D eigenvalue weighted by Gasteiger charge is 2.00. The molecule has 0 bridgehead atoms. The predicted octanol–water partition coefficient (Wildman–Crippen LogP) is 4.22. The van der Waals surface area contributed by atoms with Crippen LogP contribution in [0.1, 0.15) is 0 Å². The minimum Gasteiger partial charge on any atom is -0.158 e. The van der Waals surface area contributed by atoms with Crippen molar-refractivity contribution in [1.29, 1.82) is 0 Å². The van der Waals surface area contributed by atoms with Gasteiger partial charge in [0.25, 0.3) is 0 Å². The maximum atomic E-state index is 4.20. The average molecular weight is 306 g/mol. The van der Waals surface area contributed by atoms with E-state index < -0.39 is 0 Å². The lowest BCUT2D eigenvalue weighted by atomic mass is 10.0. The van der Waals surface area contributed by atoms with Crippen LogP contribution in [0, 0.1) is 10.4 Å². The van der Waals surface area contributed by atoms with E-state index in [0.29, 0.717) is 0 Å². The summed E-state index contributed by atoms with van der Waals surface area (Å²) in [5.41, 5.74) is 0. The molecule has 0 saturated carbocycles. The van der Waals surface area contributed by atoms with Gasteiger partial charge in [-0.15, -0.1) is 0 Å². The van der Waals surface area contributed by atoms with E-state index in [2.05, 4.69) is 83.0 Å². The monoisotopic (exact) mass is 306 g/mol. The molecule has 0 amide bonds. The van der Waals surface area contributed by atoms with Crippen molar-refractivity contribution in [3.63, 3.8) is 0 Å². The second-order valence-corrected chi connectivity index (χ2v) is 6.06. The second-order valence-electron chi connectivity index (χ2n) is 6.06. The molecule has 0 unspecified atom stereocenters. The first-order chi connectivity index (χ1) is 11.9. The van der Waals surface area contributed by atoms with Crippen LogP contribution in [0.25, 0.3) is 33.9 Å². The van der Waals surface area contributed by atoms with Crippen molar-refractivity contribution in [1.82, 2.24) is 0 Å². The summed E-state index contributed by atoms with van der Waals surface area (Å²) in [5.74, 6) is 0. The van der Waals surface area contributed by atoms with Gasteiger partial charge < -0.3 is 0 Å². The van der Waals surface area contributed by atoms with Crippen molar-refractivity contribution >= 4 is 33.9 Å². The van der Waals surface area contributed by atoms with Gasteiger partial charge in [0.2, 0.25) is 0 Å². The smallest absolute Gasteiger partial charge is 0.0574 e. The largest absolute Gasteiger partial charge is 0.158 e. The van der Waals surface area contributed by atoms with Crippen molar-refractivity contribution in [2.75, 3.05) is 0 Å². The van der Waals surface area contributed by atoms with Crippen molar-refractivity contribution in [3.8, 4) is 0 Å². The van der Waals surface area contributed by atoms with Crippen LogP contribution in [0.3, 0.4) is 0 Å². The van der Waals surface area contributed by atoms with Crippen LogP contribution >= 0.6 is 0 Å². The normalized spacial score (nSPS) is 16.9. The molecule has 1 aliphatic heterocycles. The van der Waals surface area contributed by atoms with E-state index in [1.165, 1.54) is 32.0 Å². The molecule has 2 nitrogen and oxygen atoms in total. The number of benzene rings is 4. The summed E-state index contributed by atoms with van der Waals surface area (Å²) in [4.78, 5) is 0. The Morgan fingerprint density at radius 2 is 0.833 bits per heavy atom. The van der Waals surface area contributed by atoms with Gasteiger partial charge >= 0.3 is 0 Å². The van der Waals surface area contributed by atoms with Gasteiger partial charge in [-0.3, -0.25) is 0 Å². The molecule has 0 N–H and O–H groups in total. The third-order valence-electron chi connectivity index (χ3n) is 4.59. The first kappa shape index (κ1) is 13.2. The molecule has 5 rings (SSSR count). The molecule has 1 heterocycles. The lowest BCUT2D eigenvalue weighted by Crippen LogP contribution is -2.10. The fourth-order valence-electron chi connectivity index (χ4n) is 3.39. The molecule has 4 aromatic carbocycles. The molecular formula is C22H14N2. The summed E-state index contributed by atoms with van der Waals surface area (Å²) in [6.07, 6.45) is 3.69. The maximum absolute atomic E-state index is 4.20. The van der Waals surface area contributed by atoms with E-state index >= 15 is 0 Å². The second kappa shape index (κ2) is 5.14. The number of fused-ring (bicyclic) bond motifs is 4. The summed E-state index contributed by atoms with van der Waals surface area (Å²) in [6.45, 7) is 0. The number of nitrogens with zero attached hydrogens (tertiary/aromatic N) is 2. The Morgan fingerprint density at radius 1 is 0.458 bits per heavy atom. The molecule has 0 radical (unpaired) electrons. The highest BCUT2D eigenvalue weighted by Crippen LogP contribution is 2.14. The Hall–Kier alpha value is -3.26. The topological polar surface area (TPSA) is 24.7 Å². The SMILES string of the molecule is C1=c2cc3ccccc3c\c2=c2/cc3ccccc3c/c2=C/N=N/1. The summed E-state index contributed by atoms with van der Waals surface area (Å²) in [7, 11) is 0. The van der Waals surface area contributed by atoms with E-state index in [1.54, 1.807) is 0 Å². The van der Waals surface area contributed by atoms with Crippen LogP contribution < -0.4 is 10.4 Å². The van der Waals surface area contributed by atoms with Crippen LogP contribution in [-0.4, -0.2) is 0 Å².